The van der Waals surface area contributed by atoms with Crippen molar-refractivity contribution < 1.29 is 8.78 Å². The molecule has 0 aliphatic carbocycles. The van der Waals surface area contributed by atoms with E-state index < -0.39 is 11.6 Å². The highest BCUT2D eigenvalue weighted by molar-refractivity contribution is 6.32. The number of rotatable bonds is 3. The highest BCUT2D eigenvalue weighted by atomic mass is 35.5. The van der Waals surface area contributed by atoms with Crippen molar-refractivity contribution in [3.63, 3.8) is 0 Å². The first-order chi connectivity index (χ1) is 9.51. The predicted molar refractivity (Wildman–Crippen MR) is 74.6 cm³/mol. The number of hydrogen-bond acceptors (Lipinski definition) is 2. The lowest BCUT2D eigenvalue weighted by Crippen LogP contribution is -2.17. The second kappa shape index (κ2) is 5.89. The highest BCUT2D eigenvalue weighted by Crippen LogP contribution is 2.24. The maximum Gasteiger partial charge on any atom is 0.131 e. The van der Waals surface area contributed by atoms with Gasteiger partial charge in [-0.15, -0.1) is 0 Å². The minimum Gasteiger partial charge on any atom is -0.370 e. The van der Waals surface area contributed by atoms with Gasteiger partial charge in [-0.3, -0.25) is 0 Å². The molecule has 0 saturated carbocycles. The van der Waals surface area contributed by atoms with Crippen molar-refractivity contribution in [2.24, 2.45) is 0 Å². The smallest absolute Gasteiger partial charge is 0.131 e. The third kappa shape index (κ3) is 3.06. The van der Waals surface area contributed by atoms with Gasteiger partial charge in [0.05, 0.1) is 10.6 Å². The molecule has 20 heavy (non-hydrogen) atoms. The third-order valence-corrected chi connectivity index (χ3v) is 3.25. The van der Waals surface area contributed by atoms with Gasteiger partial charge in [0, 0.05) is 30.9 Å². The molecule has 0 aromatic heterocycles. The Labute approximate surface area is 120 Å². The van der Waals surface area contributed by atoms with Gasteiger partial charge in [-0.25, -0.2) is 8.78 Å². The lowest BCUT2D eigenvalue weighted by atomic mass is 10.1. The van der Waals surface area contributed by atoms with Crippen LogP contribution in [0, 0.1) is 23.0 Å². The second-order valence-corrected chi connectivity index (χ2v) is 4.77. The van der Waals surface area contributed by atoms with Gasteiger partial charge in [0.15, 0.2) is 0 Å². The molecule has 5 heteroatoms. The number of halogens is 3. The van der Waals surface area contributed by atoms with Crippen molar-refractivity contribution in [2.45, 2.75) is 6.54 Å². The van der Waals surface area contributed by atoms with Crippen molar-refractivity contribution in [2.75, 3.05) is 11.9 Å². The summed E-state index contributed by atoms with van der Waals surface area (Å²) in [6.45, 7) is 0.272. The summed E-state index contributed by atoms with van der Waals surface area (Å²) in [4.78, 5) is 1.77. The number of hydrogen-bond donors (Lipinski definition) is 0. The SMILES string of the molecule is CN(Cc1ccc(F)cc1F)c1ccc(C#N)c(Cl)c1. The number of nitrogens with zero attached hydrogens (tertiary/aromatic N) is 2. The molecule has 2 aromatic rings. The molecule has 0 fully saturated rings. The third-order valence-electron chi connectivity index (χ3n) is 2.94. The van der Waals surface area contributed by atoms with Crippen LogP contribution in [0.1, 0.15) is 11.1 Å². The largest absolute Gasteiger partial charge is 0.370 e. The van der Waals surface area contributed by atoms with E-state index in [1.54, 1.807) is 30.1 Å². The molecule has 0 unspecified atom stereocenters. The van der Waals surface area contributed by atoms with Crippen LogP contribution in [0.15, 0.2) is 36.4 Å². The fourth-order valence-electron chi connectivity index (χ4n) is 1.83. The van der Waals surface area contributed by atoms with E-state index >= 15 is 0 Å². The summed E-state index contributed by atoms with van der Waals surface area (Å²) in [7, 11) is 1.76. The zero-order valence-electron chi connectivity index (χ0n) is 10.7. The average molecular weight is 293 g/mol. The van der Waals surface area contributed by atoms with Gasteiger partial charge in [0.2, 0.25) is 0 Å². The fraction of sp³-hybridized carbons (Fsp3) is 0.133. The van der Waals surface area contributed by atoms with Crippen LogP contribution < -0.4 is 4.90 Å². The first-order valence-electron chi connectivity index (χ1n) is 5.86. The van der Waals surface area contributed by atoms with Crippen LogP contribution >= 0.6 is 11.6 Å². The molecule has 2 rings (SSSR count). The lowest BCUT2D eigenvalue weighted by molar-refractivity contribution is 0.571. The Morgan fingerprint density at radius 3 is 2.55 bits per heavy atom. The Balaban J connectivity index is 2.22. The lowest BCUT2D eigenvalue weighted by Gasteiger charge is -2.20. The van der Waals surface area contributed by atoms with Crippen LogP contribution in [-0.4, -0.2) is 7.05 Å². The van der Waals surface area contributed by atoms with E-state index in [9.17, 15) is 8.78 Å². The van der Waals surface area contributed by atoms with E-state index in [4.69, 9.17) is 16.9 Å². The average Bonchev–Trinajstić information content (AvgIpc) is 2.41. The van der Waals surface area contributed by atoms with Crippen LogP contribution in [0.5, 0.6) is 0 Å². The monoisotopic (exact) mass is 292 g/mol. The molecule has 0 heterocycles. The van der Waals surface area contributed by atoms with Gasteiger partial charge in [-0.05, 0) is 24.3 Å². The molecule has 0 aliphatic rings. The Morgan fingerprint density at radius 2 is 1.95 bits per heavy atom. The maximum atomic E-state index is 13.6. The van der Waals surface area contributed by atoms with Crippen molar-refractivity contribution in [1.82, 2.24) is 0 Å². The van der Waals surface area contributed by atoms with Crippen LogP contribution in [0.3, 0.4) is 0 Å². The quantitative estimate of drug-likeness (QED) is 0.850. The van der Waals surface area contributed by atoms with Crippen molar-refractivity contribution in [3.8, 4) is 6.07 Å². The van der Waals surface area contributed by atoms with Crippen LogP contribution in [0.4, 0.5) is 14.5 Å². The molecule has 2 aromatic carbocycles. The van der Waals surface area contributed by atoms with Gasteiger partial charge < -0.3 is 4.90 Å². The normalized spacial score (nSPS) is 10.2. The summed E-state index contributed by atoms with van der Waals surface area (Å²) in [5.41, 5.74) is 1.52. The summed E-state index contributed by atoms with van der Waals surface area (Å²) in [6.07, 6.45) is 0. The Bertz CT molecular complexity index is 680. The molecule has 0 amide bonds. The molecule has 0 radical (unpaired) electrons. The number of benzene rings is 2. The minimum absolute atomic E-state index is 0.272. The van der Waals surface area contributed by atoms with Gasteiger partial charge >= 0.3 is 0 Å². The number of anilines is 1. The summed E-state index contributed by atoms with van der Waals surface area (Å²) < 4.78 is 26.4. The van der Waals surface area contributed by atoms with Crippen LogP contribution in [0.2, 0.25) is 5.02 Å². The van der Waals surface area contributed by atoms with E-state index in [2.05, 4.69) is 0 Å². The zero-order valence-corrected chi connectivity index (χ0v) is 11.5. The van der Waals surface area contributed by atoms with E-state index in [1.807, 2.05) is 6.07 Å². The molecule has 0 saturated heterocycles. The van der Waals surface area contributed by atoms with Crippen molar-refractivity contribution >= 4 is 17.3 Å². The van der Waals surface area contributed by atoms with Gasteiger partial charge in [-0.1, -0.05) is 17.7 Å². The van der Waals surface area contributed by atoms with Gasteiger partial charge in [0.25, 0.3) is 0 Å². The Hall–Kier alpha value is -2.12. The summed E-state index contributed by atoms with van der Waals surface area (Å²) in [6, 6.07) is 10.4. The molecular weight excluding hydrogens is 282 g/mol. The van der Waals surface area contributed by atoms with Crippen LogP contribution in [0.25, 0.3) is 0 Å². The van der Waals surface area contributed by atoms with E-state index in [-0.39, 0.29) is 6.54 Å². The molecule has 102 valence electrons. The Morgan fingerprint density at radius 1 is 1.20 bits per heavy atom. The zero-order chi connectivity index (χ0) is 14.7. The molecular formula is C15H11ClF2N2. The van der Waals surface area contributed by atoms with Crippen molar-refractivity contribution in [3.05, 3.63) is 64.2 Å². The van der Waals surface area contributed by atoms with E-state index in [0.717, 1.165) is 11.8 Å². The van der Waals surface area contributed by atoms with Gasteiger partial charge in [0.1, 0.15) is 17.7 Å². The molecule has 0 aliphatic heterocycles. The standard InChI is InChI=1S/C15H11ClF2N2/c1-20(9-11-2-4-12(17)6-15(11)18)13-5-3-10(8-19)14(16)7-13/h2-7H,9H2,1H3. The Kier molecular flexibility index (Phi) is 4.21. The molecule has 0 atom stereocenters. The first-order valence-corrected chi connectivity index (χ1v) is 6.24. The van der Waals surface area contributed by atoms with E-state index in [1.165, 1.54) is 12.1 Å². The second-order valence-electron chi connectivity index (χ2n) is 4.37. The molecule has 0 N–H and O–H groups in total. The summed E-state index contributed by atoms with van der Waals surface area (Å²) in [5, 5.41) is 9.16. The number of nitriles is 1. The molecule has 2 nitrogen and oxygen atoms in total. The molecule has 0 bridgehead atoms. The predicted octanol–water partition coefficient (Wildman–Crippen LogP) is 4.13. The van der Waals surface area contributed by atoms with Crippen LogP contribution in [-0.2, 0) is 6.54 Å². The van der Waals surface area contributed by atoms with Gasteiger partial charge in [-0.2, -0.15) is 5.26 Å². The van der Waals surface area contributed by atoms with Crippen molar-refractivity contribution in [1.29, 1.82) is 5.26 Å². The maximum absolute atomic E-state index is 13.6. The minimum atomic E-state index is -0.602. The highest BCUT2D eigenvalue weighted by Gasteiger charge is 2.09. The summed E-state index contributed by atoms with van der Waals surface area (Å²) >= 11 is 5.96. The van der Waals surface area contributed by atoms with E-state index in [0.29, 0.717) is 16.1 Å². The topological polar surface area (TPSA) is 27.0 Å². The molecule has 0 spiro atoms. The first kappa shape index (κ1) is 14.3. The fourth-order valence-corrected chi connectivity index (χ4v) is 2.05. The summed E-state index contributed by atoms with van der Waals surface area (Å²) in [5.74, 6) is -1.19.